The summed E-state index contributed by atoms with van der Waals surface area (Å²) in [6.45, 7) is 12.6. The Labute approximate surface area is 252 Å². The second kappa shape index (κ2) is 15.3. The standard InChI is InChI=1S/C30H46BrN3O7/c1-5-8-13-22(36)32-19-20(4)40-29(39)23-24-27(37)34(16-11-10-12-17-35)26(30(24)18-21(31)25(23)41-30)28(38)33(14-7-3)15-9-6-2/h5,7,20-21,23-26,35H,1,3,6,8-19H2,2,4H3,(H,32,36)/t20-,21?,23-,24+,25-,26-,30+/m1/s1. The summed E-state index contributed by atoms with van der Waals surface area (Å²) in [5.41, 5.74) is -1.15. The number of allylic oxidation sites excluding steroid dienone is 1. The Morgan fingerprint density at radius 3 is 2.68 bits per heavy atom. The molecule has 0 radical (unpaired) electrons. The number of esters is 1. The number of rotatable bonds is 18. The molecule has 11 heteroatoms. The van der Waals surface area contributed by atoms with E-state index in [1.807, 2.05) is 0 Å². The van der Waals surface area contributed by atoms with Crippen molar-refractivity contribution in [1.29, 1.82) is 0 Å². The predicted molar refractivity (Wildman–Crippen MR) is 158 cm³/mol. The first-order valence-corrected chi connectivity index (χ1v) is 15.8. The summed E-state index contributed by atoms with van der Waals surface area (Å²) in [4.78, 5) is 57.0. The van der Waals surface area contributed by atoms with Crippen LogP contribution in [0.4, 0.5) is 0 Å². The van der Waals surface area contributed by atoms with Crippen molar-refractivity contribution in [3.63, 3.8) is 0 Å². The molecule has 0 aromatic heterocycles. The molecule has 41 heavy (non-hydrogen) atoms. The topological polar surface area (TPSA) is 125 Å². The SMILES string of the molecule is C=CCCC(=O)NC[C@@H](C)OC(=O)[C@H]1[C@@H]2O[C@@]3(CC2Br)[C@@H]1C(=O)N(CCCCCO)[C@@H]3C(=O)N(CC=C)CCCC. The fraction of sp³-hybridized carbons (Fsp3) is 0.733. The van der Waals surface area contributed by atoms with E-state index in [1.165, 1.54) is 0 Å². The van der Waals surface area contributed by atoms with Gasteiger partial charge in [-0.2, -0.15) is 0 Å². The fourth-order valence-corrected chi connectivity index (χ4v) is 7.30. The van der Waals surface area contributed by atoms with Gasteiger partial charge in [-0.15, -0.1) is 13.2 Å². The number of halogens is 1. The molecule has 0 saturated carbocycles. The number of ether oxygens (including phenoxy) is 2. The summed E-state index contributed by atoms with van der Waals surface area (Å²) < 4.78 is 12.3. The predicted octanol–water partition coefficient (Wildman–Crippen LogP) is 2.73. The first-order chi connectivity index (χ1) is 19.7. The molecule has 0 aliphatic carbocycles. The summed E-state index contributed by atoms with van der Waals surface area (Å²) in [5.74, 6) is -2.90. The summed E-state index contributed by atoms with van der Waals surface area (Å²) in [6.07, 6.45) is 7.06. The van der Waals surface area contributed by atoms with Crippen LogP contribution in [-0.4, -0.2) is 100 Å². The molecule has 1 spiro atoms. The molecule has 230 valence electrons. The first-order valence-electron chi connectivity index (χ1n) is 14.9. The van der Waals surface area contributed by atoms with Gasteiger partial charge in [0.15, 0.2) is 0 Å². The molecule has 3 heterocycles. The van der Waals surface area contributed by atoms with Gasteiger partial charge in [0.1, 0.15) is 17.7 Å². The lowest BCUT2D eigenvalue weighted by molar-refractivity contribution is -0.159. The zero-order valence-electron chi connectivity index (χ0n) is 24.4. The molecule has 2 N–H and O–H groups in total. The fourth-order valence-electron chi connectivity index (χ4n) is 6.36. The van der Waals surface area contributed by atoms with Crippen LogP contribution in [0, 0.1) is 11.8 Å². The summed E-state index contributed by atoms with van der Waals surface area (Å²) in [7, 11) is 0. The highest BCUT2D eigenvalue weighted by Crippen LogP contribution is 2.60. The number of unbranched alkanes of at least 4 members (excludes halogenated alkanes) is 3. The van der Waals surface area contributed by atoms with E-state index in [0.717, 1.165) is 12.8 Å². The average molecular weight is 641 g/mol. The minimum Gasteiger partial charge on any atom is -0.460 e. The molecule has 0 aromatic carbocycles. The van der Waals surface area contributed by atoms with Crippen LogP contribution in [-0.2, 0) is 28.7 Å². The first kappa shape index (κ1) is 33.3. The van der Waals surface area contributed by atoms with E-state index in [-0.39, 0.29) is 35.7 Å². The Morgan fingerprint density at radius 1 is 1.27 bits per heavy atom. The van der Waals surface area contributed by atoms with Gasteiger partial charge in [0.05, 0.1) is 24.5 Å². The lowest BCUT2D eigenvalue weighted by Crippen LogP contribution is -2.57. The number of carbonyl (C=O) groups is 4. The van der Waals surface area contributed by atoms with Gasteiger partial charge >= 0.3 is 5.97 Å². The number of nitrogens with one attached hydrogen (secondary N) is 1. The lowest BCUT2D eigenvalue weighted by atomic mass is 9.70. The van der Waals surface area contributed by atoms with E-state index in [0.29, 0.717) is 58.2 Å². The number of nitrogens with zero attached hydrogens (tertiary/aromatic N) is 2. The molecular formula is C30H46BrN3O7. The third kappa shape index (κ3) is 7.22. The van der Waals surface area contributed by atoms with Crippen molar-refractivity contribution in [2.75, 3.05) is 32.8 Å². The number of hydrogen-bond acceptors (Lipinski definition) is 7. The van der Waals surface area contributed by atoms with Gasteiger partial charge in [0.25, 0.3) is 0 Å². The maximum Gasteiger partial charge on any atom is 0.312 e. The van der Waals surface area contributed by atoms with Gasteiger partial charge in [-0.05, 0) is 45.4 Å². The van der Waals surface area contributed by atoms with Gasteiger partial charge < -0.3 is 29.7 Å². The van der Waals surface area contributed by atoms with E-state index < -0.39 is 41.7 Å². The maximum absolute atomic E-state index is 14.2. The van der Waals surface area contributed by atoms with Crippen LogP contribution in [0.3, 0.4) is 0 Å². The molecule has 3 aliphatic rings. The summed E-state index contributed by atoms with van der Waals surface area (Å²) in [5, 5.41) is 12.0. The number of amides is 3. The Hall–Kier alpha value is -2.24. The number of likely N-dealkylation sites (tertiary alicyclic amines) is 1. The minimum atomic E-state index is -1.15. The van der Waals surface area contributed by atoms with Crippen LogP contribution in [0.15, 0.2) is 25.3 Å². The van der Waals surface area contributed by atoms with Crippen LogP contribution in [0.2, 0.25) is 0 Å². The largest absolute Gasteiger partial charge is 0.460 e. The van der Waals surface area contributed by atoms with Crippen LogP contribution in [0.1, 0.15) is 65.2 Å². The number of carbonyl (C=O) groups excluding carboxylic acids is 4. The van der Waals surface area contributed by atoms with Crippen molar-refractivity contribution in [1.82, 2.24) is 15.1 Å². The van der Waals surface area contributed by atoms with Crippen molar-refractivity contribution >= 4 is 39.6 Å². The summed E-state index contributed by atoms with van der Waals surface area (Å²) >= 11 is 3.68. The molecule has 3 amide bonds. The zero-order chi connectivity index (χ0) is 30.2. The van der Waals surface area contributed by atoms with Gasteiger partial charge in [0.2, 0.25) is 17.7 Å². The molecule has 10 nitrogen and oxygen atoms in total. The van der Waals surface area contributed by atoms with E-state index >= 15 is 0 Å². The Kier molecular flexibility index (Phi) is 12.4. The second-order valence-electron chi connectivity index (χ2n) is 11.3. The Bertz CT molecular complexity index is 978. The molecule has 3 aliphatic heterocycles. The maximum atomic E-state index is 14.2. The van der Waals surface area contributed by atoms with E-state index in [9.17, 15) is 24.3 Å². The number of fused-ring (bicyclic) bond motifs is 1. The van der Waals surface area contributed by atoms with Gasteiger partial charge in [-0.25, -0.2) is 0 Å². The minimum absolute atomic E-state index is 0.0594. The van der Waals surface area contributed by atoms with Crippen LogP contribution in [0.5, 0.6) is 0 Å². The van der Waals surface area contributed by atoms with Crippen LogP contribution >= 0.6 is 15.9 Å². The Morgan fingerprint density at radius 2 is 2.02 bits per heavy atom. The lowest BCUT2D eigenvalue weighted by Gasteiger charge is -2.37. The highest BCUT2D eigenvalue weighted by molar-refractivity contribution is 9.09. The van der Waals surface area contributed by atoms with Gasteiger partial charge in [-0.1, -0.05) is 41.4 Å². The normalized spacial score (nSPS) is 28.7. The Balaban J connectivity index is 1.86. The highest BCUT2D eigenvalue weighted by Gasteiger charge is 2.77. The highest BCUT2D eigenvalue weighted by atomic mass is 79.9. The van der Waals surface area contributed by atoms with Crippen molar-refractivity contribution in [2.45, 2.75) is 93.9 Å². The smallest absolute Gasteiger partial charge is 0.312 e. The van der Waals surface area contributed by atoms with Gasteiger partial charge in [-0.3, -0.25) is 19.2 Å². The number of aliphatic hydroxyl groups excluding tert-OH is 1. The van der Waals surface area contributed by atoms with Crippen molar-refractivity contribution in [3.05, 3.63) is 25.3 Å². The third-order valence-electron chi connectivity index (χ3n) is 8.27. The van der Waals surface area contributed by atoms with E-state index in [1.54, 1.807) is 28.9 Å². The molecule has 3 fully saturated rings. The number of hydrogen-bond donors (Lipinski definition) is 2. The molecule has 0 aromatic rings. The van der Waals surface area contributed by atoms with Crippen molar-refractivity contribution in [3.8, 4) is 0 Å². The quantitative estimate of drug-likeness (QED) is 0.102. The second-order valence-corrected chi connectivity index (χ2v) is 12.5. The molecule has 3 rings (SSSR count). The van der Waals surface area contributed by atoms with Crippen molar-refractivity contribution in [2.24, 2.45) is 11.8 Å². The molecule has 3 saturated heterocycles. The van der Waals surface area contributed by atoms with Gasteiger partial charge in [0, 0.05) is 37.5 Å². The zero-order valence-corrected chi connectivity index (χ0v) is 26.0. The molecular weight excluding hydrogens is 594 g/mol. The van der Waals surface area contributed by atoms with Crippen LogP contribution in [0.25, 0.3) is 0 Å². The number of alkyl halides is 1. The van der Waals surface area contributed by atoms with E-state index in [4.69, 9.17) is 9.47 Å². The molecule has 7 atom stereocenters. The summed E-state index contributed by atoms with van der Waals surface area (Å²) in [6, 6.07) is -0.865. The number of aliphatic hydroxyl groups is 1. The monoisotopic (exact) mass is 639 g/mol. The van der Waals surface area contributed by atoms with Crippen molar-refractivity contribution < 1.29 is 33.8 Å². The molecule has 1 unspecified atom stereocenters. The van der Waals surface area contributed by atoms with Crippen LogP contribution < -0.4 is 5.32 Å². The molecule has 2 bridgehead atoms. The third-order valence-corrected chi connectivity index (χ3v) is 9.12. The van der Waals surface area contributed by atoms with E-state index in [2.05, 4.69) is 41.3 Å². The average Bonchev–Trinajstić information content (AvgIpc) is 3.54.